The van der Waals surface area contributed by atoms with Crippen LogP contribution in [0.4, 0.5) is 0 Å². The van der Waals surface area contributed by atoms with Gasteiger partial charge in [0.05, 0.1) is 34.4 Å². The lowest BCUT2D eigenvalue weighted by molar-refractivity contribution is -0.870. The molecule has 0 fully saturated rings. The van der Waals surface area contributed by atoms with Crippen molar-refractivity contribution in [3.63, 3.8) is 0 Å². The van der Waals surface area contributed by atoms with Crippen molar-refractivity contribution in [1.82, 2.24) is 0 Å². The minimum atomic E-state index is -4.52. The lowest BCUT2D eigenvalue weighted by Crippen LogP contribution is -2.37. The molecule has 0 aliphatic heterocycles. The van der Waals surface area contributed by atoms with Gasteiger partial charge in [-0.3, -0.25) is 9.36 Å². The Labute approximate surface area is 335 Å². The number of allylic oxidation sites excluding steroid dienone is 2. The Morgan fingerprint density at radius 2 is 0.963 bits per heavy atom. The van der Waals surface area contributed by atoms with Crippen LogP contribution in [-0.4, -0.2) is 70.7 Å². The van der Waals surface area contributed by atoms with Crippen LogP contribution in [0.2, 0.25) is 0 Å². The van der Waals surface area contributed by atoms with E-state index in [1.54, 1.807) is 0 Å². The summed E-state index contributed by atoms with van der Waals surface area (Å²) in [6.45, 7) is 5.45. The Morgan fingerprint density at radius 3 is 1.41 bits per heavy atom. The third kappa shape index (κ3) is 42.4. The summed E-state index contributed by atoms with van der Waals surface area (Å²) >= 11 is 0. The molecule has 0 radical (unpaired) electrons. The minimum absolute atomic E-state index is 0.0290. The molecule has 54 heavy (non-hydrogen) atoms. The van der Waals surface area contributed by atoms with Gasteiger partial charge in [-0.1, -0.05) is 180 Å². The van der Waals surface area contributed by atoms with E-state index in [-0.39, 0.29) is 25.8 Å². The Balaban J connectivity index is 4.16. The van der Waals surface area contributed by atoms with Gasteiger partial charge < -0.3 is 27.9 Å². The highest BCUT2D eigenvalue weighted by molar-refractivity contribution is 7.45. The zero-order valence-corrected chi connectivity index (χ0v) is 37.3. The molecule has 0 amide bonds. The molecule has 8 nitrogen and oxygen atoms in total. The minimum Gasteiger partial charge on any atom is -0.756 e. The molecule has 0 saturated heterocycles. The molecule has 2 atom stereocenters. The van der Waals surface area contributed by atoms with Gasteiger partial charge in [0.15, 0.2) is 0 Å². The van der Waals surface area contributed by atoms with E-state index < -0.39 is 13.9 Å². The van der Waals surface area contributed by atoms with Gasteiger partial charge in [-0.05, 0) is 38.5 Å². The Kier molecular flexibility index (Phi) is 38.5. The van der Waals surface area contributed by atoms with Crippen molar-refractivity contribution in [1.29, 1.82) is 0 Å². The second-order valence-corrected chi connectivity index (χ2v) is 18.2. The van der Waals surface area contributed by atoms with Gasteiger partial charge in [-0.15, -0.1) is 0 Å². The zero-order valence-electron chi connectivity index (χ0n) is 36.4. The van der Waals surface area contributed by atoms with E-state index in [0.717, 1.165) is 32.1 Å². The van der Waals surface area contributed by atoms with E-state index in [0.29, 0.717) is 24.1 Å². The highest BCUT2D eigenvalue weighted by Gasteiger charge is 2.20. The number of hydrogen-bond acceptors (Lipinski definition) is 7. The van der Waals surface area contributed by atoms with Gasteiger partial charge >= 0.3 is 5.97 Å². The Hall–Kier alpha value is -0.760. The predicted molar refractivity (Wildman–Crippen MR) is 227 cm³/mol. The summed E-state index contributed by atoms with van der Waals surface area (Å²) < 4.78 is 34.6. The van der Waals surface area contributed by atoms with Gasteiger partial charge in [0, 0.05) is 13.0 Å². The predicted octanol–water partition coefficient (Wildman–Crippen LogP) is 12.8. The number of rotatable bonds is 43. The summed E-state index contributed by atoms with van der Waals surface area (Å²) in [5, 5.41) is 0. The molecule has 0 saturated carbocycles. The van der Waals surface area contributed by atoms with Crippen molar-refractivity contribution < 1.29 is 37.3 Å². The molecule has 322 valence electrons. The van der Waals surface area contributed by atoms with E-state index in [1.165, 1.54) is 161 Å². The first-order chi connectivity index (χ1) is 26.1. The molecule has 0 aromatic carbocycles. The number of phosphoric ester groups is 1. The molecule has 0 spiro atoms. The average Bonchev–Trinajstić information content (AvgIpc) is 3.12. The van der Waals surface area contributed by atoms with E-state index in [9.17, 15) is 14.3 Å². The monoisotopic (exact) mass is 788 g/mol. The van der Waals surface area contributed by atoms with E-state index in [1.807, 2.05) is 21.1 Å². The molecule has 0 heterocycles. The van der Waals surface area contributed by atoms with Gasteiger partial charge in [-0.25, -0.2) is 0 Å². The first-order valence-corrected chi connectivity index (χ1v) is 24.4. The van der Waals surface area contributed by atoms with Crippen LogP contribution in [0.25, 0.3) is 0 Å². The zero-order chi connectivity index (χ0) is 39.9. The van der Waals surface area contributed by atoms with Crippen LogP contribution >= 0.6 is 7.82 Å². The van der Waals surface area contributed by atoms with E-state index >= 15 is 0 Å². The third-order valence-corrected chi connectivity index (χ3v) is 11.0. The molecular formula is C45H90NO7P. The van der Waals surface area contributed by atoms with Crippen LogP contribution in [0, 0.1) is 0 Å². The molecule has 0 N–H and O–H groups in total. The largest absolute Gasteiger partial charge is 0.756 e. The smallest absolute Gasteiger partial charge is 0.306 e. The summed E-state index contributed by atoms with van der Waals surface area (Å²) in [5.74, 6) is -0.333. The summed E-state index contributed by atoms with van der Waals surface area (Å²) in [5.41, 5.74) is 0. The highest BCUT2D eigenvalue weighted by Crippen LogP contribution is 2.38. The third-order valence-electron chi connectivity index (χ3n) is 10.1. The van der Waals surface area contributed by atoms with Crippen LogP contribution < -0.4 is 4.89 Å². The van der Waals surface area contributed by atoms with Gasteiger partial charge in [-0.2, -0.15) is 0 Å². The van der Waals surface area contributed by atoms with Crippen molar-refractivity contribution >= 4 is 13.8 Å². The Morgan fingerprint density at radius 1 is 0.556 bits per heavy atom. The summed E-state index contributed by atoms with van der Waals surface area (Å²) in [6, 6.07) is 0. The number of esters is 1. The molecule has 0 bridgehead atoms. The lowest BCUT2D eigenvalue weighted by atomic mass is 10.0. The summed E-state index contributed by atoms with van der Waals surface area (Å²) in [7, 11) is 1.37. The van der Waals surface area contributed by atoms with Crippen LogP contribution in [0.3, 0.4) is 0 Å². The lowest BCUT2D eigenvalue weighted by Gasteiger charge is -2.28. The molecule has 0 aliphatic rings. The fraction of sp³-hybridized carbons (Fsp3) is 0.933. The number of likely N-dealkylation sites (N-methyl/N-ethyl adjacent to an activating group) is 1. The number of carbonyl (C=O) groups is 1. The van der Waals surface area contributed by atoms with Gasteiger partial charge in [0.25, 0.3) is 7.82 Å². The molecule has 0 aliphatic carbocycles. The highest BCUT2D eigenvalue weighted by atomic mass is 31.2. The van der Waals surface area contributed by atoms with Gasteiger partial charge in [0.1, 0.15) is 19.3 Å². The topological polar surface area (TPSA) is 94.1 Å². The number of ether oxygens (including phenoxy) is 2. The molecule has 9 heteroatoms. The normalized spacial score (nSPS) is 13.8. The van der Waals surface area contributed by atoms with Crippen molar-refractivity contribution in [2.24, 2.45) is 0 Å². The molecule has 0 rings (SSSR count). The SMILES string of the molecule is CCCCCCCC/C=C\CCCCCCCCCCCC(=O)OC(COCCCCCCCCCCCCCCC)COP(=O)([O-])OCC[N+](C)(C)C. The molecule has 2 unspecified atom stereocenters. The van der Waals surface area contributed by atoms with Crippen molar-refractivity contribution in [3.05, 3.63) is 12.2 Å². The molecule has 0 aromatic heterocycles. The van der Waals surface area contributed by atoms with E-state index in [4.69, 9.17) is 18.5 Å². The fourth-order valence-electron chi connectivity index (χ4n) is 6.48. The quantitative estimate of drug-likeness (QED) is 0.0200. The number of unbranched alkanes of at least 4 members (excludes halogenated alkanes) is 27. The van der Waals surface area contributed by atoms with Gasteiger partial charge in [0.2, 0.25) is 0 Å². The standard InChI is InChI=1S/C45H90NO7P/c1-6-8-10-12-14-16-18-20-21-22-23-24-25-26-28-30-32-34-36-38-45(47)53-44(43-52-54(48,49)51-41-39-46(3,4)5)42-50-40-37-35-33-31-29-27-19-17-15-13-11-9-7-2/h20-21,44H,6-19,22-43H2,1-5H3/b21-20-. The summed E-state index contributed by atoms with van der Waals surface area (Å²) in [6.07, 6.45) is 42.2. The number of nitrogens with zero attached hydrogens (tertiary/aromatic N) is 1. The average molecular weight is 788 g/mol. The number of quaternary nitrogens is 1. The maximum absolute atomic E-state index is 12.7. The first-order valence-electron chi connectivity index (χ1n) is 22.9. The maximum atomic E-state index is 12.7. The second-order valence-electron chi connectivity index (χ2n) is 16.8. The Bertz CT molecular complexity index is 879. The second kappa shape index (κ2) is 39.1. The molecular weight excluding hydrogens is 697 g/mol. The number of carbonyl (C=O) groups excluding carboxylic acids is 1. The molecule has 0 aromatic rings. The van der Waals surface area contributed by atoms with Crippen molar-refractivity contribution in [2.45, 2.75) is 219 Å². The van der Waals surface area contributed by atoms with Crippen LogP contribution in [0.5, 0.6) is 0 Å². The number of phosphoric acid groups is 1. The van der Waals surface area contributed by atoms with Crippen molar-refractivity contribution in [3.8, 4) is 0 Å². The number of hydrogen-bond donors (Lipinski definition) is 0. The fourth-order valence-corrected chi connectivity index (χ4v) is 7.21. The summed E-state index contributed by atoms with van der Waals surface area (Å²) in [4.78, 5) is 25.1. The van der Waals surface area contributed by atoms with Crippen LogP contribution in [0.1, 0.15) is 213 Å². The van der Waals surface area contributed by atoms with Crippen LogP contribution in [0.15, 0.2) is 12.2 Å². The first kappa shape index (κ1) is 53.2. The van der Waals surface area contributed by atoms with Crippen molar-refractivity contribution in [2.75, 3.05) is 54.1 Å². The van der Waals surface area contributed by atoms with Crippen LogP contribution in [-0.2, 0) is 27.9 Å². The van der Waals surface area contributed by atoms with E-state index in [2.05, 4.69) is 26.0 Å². The maximum Gasteiger partial charge on any atom is 0.306 e.